The highest BCUT2D eigenvalue weighted by molar-refractivity contribution is 5.70. The molecule has 0 aromatic rings. The van der Waals surface area contributed by atoms with Crippen LogP contribution in [-0.4, -0.2) is 142 Å². The van der Waals surface area contributed by atoms with Gasteiger partial charge in [0.05, 0.1) is 19.8 Å². The van der Waals surface area contributed by atoms with Crippen molar-refractivity contribution in [2.45, 2.75) is 280 Å². The lowest BCUT2D eigenvalue weighted by Crippen LogP contribution is -2.61. The van der Waals surface area contributed by atoms with Gasteiger partial charge in [0.15, 0.2) is 18.7 Å². The van der Waals surface area contributed by atoms with Crippen LogP contribution in [0.5, 0.6) is 0 Å². The molecule has 0 aromatic carbocycles. The van der Waals surface area contributed by atoms with Gasteiger partial charge in [0.1, 0.15) is 55.4 Å². The molecule has 0 radical (unpaired) electrons. The van der Waals surface area contributed by atoms with E-state index < -0.39 is 92.7 Å². The Hall–Kier alpha value is -1.76. The fraction of sp³-hybridized carbons (Fsp3) is 0.923. The zero-order valence-electron chi connectivity index (χ0n) is 41.7. The lowest BCUT2D eigenvalue weighted by Gasteiger charge is -2.42. The van der Waals surface area contributed by atoms with Crippen LogP contribution in [0.3, 0.4) is 0 Å². The van der Waals surface area contributed by atoms with Crippen LogP contribution >= 0.6 is 0 Å². The summed E-state index contributed by atoms with van der Waals surface area (Å²) in [4.78, 5) is 25.8. The summed E-state index contributed by atoms with van der Waals surface area (Å²) >= 11 is 0. The van der Waals surface area contributed by atoms with Gasteiger partial charge < -0.3 is 64.2 Å². The van der Waals surface area contributed by atoms with Gasteiger partial charge in [-0.3, -0.25) is 9.59 Å². The van der Waals surface area contributed by atoms with Gasteiger partial charge in [-0.2, -0.15) is 0 Å². The van der Waals surface area contributed by atoms with Crippen molar-refractivity contribution in [1.29, 1.82) is 0 Å². The number of allylic oxidation sites excluding steroid dienone is 2. The highest BCUT2D eigenvalue weighted by atomic mass is 16.7. The predicted octanol–water partition coefficient (Wildman–Crippen LogP) is 7.77. The Bertz CT molecular complexity index is 1220. The summed E-state index contributed by atoms with van der Waals surface area (Å²) in [5.41, 5.74) is 0. The molecule has 11 atom stereocenters. The van der Waals surface area contributed by atoms with E-state index in [-0.39, 0.29) is 26.1 Å². The molecule has 0 saturated carbocycles. The Morgan fingerprint density at radius 3 is 1.34 bits per heavy atom. The first kappa shape index (κ1) is 61.4. The SMILES string of the molecule is CCCCC/C=C/CCCCCCCC(=O)O[C@@H](COC(=O)CCCCCCCCCCCCCCCCCCCCC)CO[C@@H]1O[C@H](CO[C@@H]2O[C@H](CO)[C@H](O)C(O)C2O)[C@H](O)C(O)C1O. The molecule has 4 unspecified atom stereocenters. The van der Waals surface area contributed by atoms with E-state index >= 15 is 0 Å². The first-order chi connectivity index (χ1) is 32.5. The number of rotatable bonds is 42. The van der Waals surface area contributed by atoms with Crippen molar-refractivity contribution >= 4 is 11.9 Å². The van der Waals surface area contributed by atoms with Crippen molar-refractivity contribution < 1.29 is 73.8 Å². The second kappa shape index (κ2) is 39.9. The lowest BCUT2D eigenvalue weighted by molar-refractivity contribution is -0.332. The largest absolute Gasteiger partial charge is 0.462 e. The topological polar surface area (TPSA) is 231 Å². The zero-order valence-corrected chi connectivity index (χ0v) is 41.7. The van der Waals surface area contributed by atoms with Gasteiger partial charge in [-0.1, -0.05) is 174 Å². The normalized spacial score (nSPS) is 26.0. The summed E-state index contributed by atoms with van der Waals surface area (Å²) in [6, 6.07) is 0. The van der Waals surface area contributed by atoms with Crippen LogP contribution in [0.15, 0.2) is 12.2 Å². The number of aliphatic hydroxyl groups is 7. The number of carbonyl (C=O) groups is 2. The minimum Gasteiger partial charge on any atom is -0.462 e. The number of hydrogen-bond donors (Lipinski definition) is 7. The number of hydrogen-bond acceptors (Lipinski definition) is 15. The second-order valence-corrected chi connectivity index (χ2v) is 19.1. The smallest absolute Gasteiger partial charge is 0.306 e. The average molecular weight is 961 g/mol. The summed E-state index contributed by atoms with van der Waals surface area (Å²) in [7, 11) is 0. The predicted molar refractivity (Wildman–Crippen MR) is 257 cm³/mol. The number of carbonyl (C=O) groups excluding carboxylic acids is 2. The molecule has 0 aliphatic carbocycles. The fourth-order valence-electron chi connectivity index (χ4n) is 8.57. The van der Waals surface area contributed by atoms with E-state index in [1.165, 1.54) is 116 Å². The molecule has 2 fully saturated rings. The Morgan fingerprint density at radius 1 is 0.463 bits per heavy atom. The standard InChI is InChI=1S/C52H96O15/c1-3-5-7-9-11-13-15-17-18-19-20-21-22-23-25-26-28-30-32-34-43(54)62-37-40(65-44(55)35-33-31-29-27-24-16-14-12-10-8-6-4-2)38-63-51-50(61)48(59)46(57)42(67-51)39-64-52-49(60)47(58)45(56)41(36-53)66-52/h12,14,40-42,45-53,56-61H,3-11,13,15-39H2,1-2H3/b14-12+/t40-,41+,42+,45-,46-,47?,48?,49?,50?,51+,52+/m0/s1. The van der Waals surface area contributed by atoms with Crippen molar-refractivity contribution in [2.75, 3.05) is 26.4 Å². The van der Waals surface area contributed by atoms with Crippen LogP contribution in [-0.2, 0) is 38.0 Å². The van der Waals surface area contributed by atoms with Gasteiger partial charge in [-0.15, -0.1) is 0 Å². The van der Waals surface area contributed by atoms with Crippen molar-refractivity contribution in [1.82, 2.24) is 0 Å². The van der Waals surface area contributed by atoms with Crippen LogP contribution in [0.2, 0.25) is 0 Å². The number of ether oxygens (including phenoxy) is 6. The molecule has 2 aliphatic rings. The van der Waals surface area contributed by atoms with Gasteiger partial charge in [0.25, 0.3) is 0 Å². The summed E-state index contributed by atoms with van der Waals surface area (Å²) in [5.74, 6) is -0.924. The van der Waals surface area contributed by atoms with Gasteiger partial charge in [-0.25, -0.2) is 0 Å². The molecule has 0 amide bonds. The summed E-state index contributed by atoms with van der Waals surface area (Å²) in [6.45, 7) is 2.58. The van der Waals surface area contributed by atoms with Crippen molar-refractivity contribution in [3.8, 4) is 0 Å². The van der Waals surface area contributed by atoms with Crippen molar-refractivity contribution in [3.05, 3.63) is 12.2 Å². The molecule has 0 bridgehead atoms. The van der Waals surface area contributed by atoms with E-state index in [0.29, 0.717) is 12.8 Å². The third kappa shape index (κ3) is 28.0. The molecule has 15 heteroatoms. The quantitative estimate of drug-likeness (QED) is 0.0176. The second-order valence-electron chi connectivity index (χ2n) is 19.1. The van der Waals surface area contributed by atoms with E-state index in [1.807, 2.05) is 0 Å². The van der Waals surface area contributed by atoms with Gasteiger partial charge in [0.2, 0.25) is 0 Å². The molecule has 15 nitrogen and oxygen atoms in total. The number of aliphatic hydroxyl groups excluding tert-OH is 7. The van der Waals surface area contributed by atoms with Crippen LogP contribution < -0.4 is 0 Å². The van der Waals surface area contributed by atoms with E-state index in [0.717, 1.165) is 57.8 Å². The molecular weight excluding hydrogens is 865 g/mol. The minimum atomic E-state index is -1.76. The van der Waals surface area contributed by atoms with Gasteiger partial charge >= 0.3 is 11.9 Å². The van der Waals surface area contributed by atoms with Crippen LogP contribution in [0, 0.1) is 0 Å². The first-order valence-corrected chi connectivity index (χ1v) is 26.8. The molecule has 7 N–H and O–H groups in total. The number of esters is 2. The number of unbranched alkanes of at least 4 members (excludes halogenated alkanes) is 26. The Labute approximate surface area is 403 Å². The van der Waals surface area contributed by atoms with Crippen molar-refractivity contribution in [2.24, 2.45) is 0 Å². The molecule has 2 aliphatic heterocycles. The van der Waals surface area contributed by atoms with E-state index in [2.05, 4.69) is 26.0 Å². The highest BCUT2D eigenvalue weighted by Crippen LogP contribution is 2.27. The average Bonchev–Trinajstić information content (AvgIpc) is 3.32. The van der Waals surface area contributed by atoms with E-state index in [1.54, 1.807) is 0 Å². The maximum atomic E-state index is 13.0. The maximum Gasteiger partial charge on any atom is 0.306 e. The molecule has 67 heavy (non-hydrogen) atoms. The summed E-state index contributed by atoms with van der Waals surface area (Å²) in [6.07, 6.45) is 22.4. The maximum absolute atomic E-state index is 13.0. The lowest BCUT2D eigenvalue weighted by atomic mass is 9.98. The first-order valence-electron chi connectivity index (χ1n) is 26.8. The Morgan fingerprint density at radius 2 is 0.851 bits per heavy atom. The Kier molecular flexibility index (Phi) is 36.5. The van der Waals surface area contributed by atoms with Crippen LogP contribution in [0.25, 0.3) is 0 Å². The van der Waals surface area contributed by atoms with Gasteiger partial charge in [-0.05, 0) is 38.5 Å². The van der Waals surface area contributed by atoms with E-state index in [4.69, 9.17) is 28.4 Å². The molecule has 2 saturated heterocycles. The summed E-state index contributed by atoms with van der Waals surface area (Å²) in [5, 5.41) is 72.1. The summed E-state index contributed by atoms with van der Waals surface area (Å²) < 4.78 is 33.6. The molecule has 2 heterocycles. The minimum absolute atomic E-state index is 0.159. The third-order valence-electron chi connectivity index (χ3n) is 13.0. The van der Waals surface area contributed by atoms with E-state index in [9.17, 15) is 45.3 Å². The molecule has 2 rings (SSSR count). The van der Waals surface area contributed by atoms with Crippen LogP contribution in [0.1, 0.15) is 213 Å². The monoisotopic (exact) mass is 961 g/mol. The van der Waals surface area contributed by atoms with Crippen molar-refractivity contribution in [3.63, 3.8) is 0 Å². The molecule has 0 aromatic heterocycles. The third-order valence-corrected chi connectivity index (χ3v) is 13.0. The zero-order chi connectivity index (χ0) is 48.9. The van der Waals surface area contributed by atoms with Crippen LogP contribution in [0.4, 0.5) is 0 Å². The molecule has 0 spiro atoms. The Balaban J connectivity index is 1.76. The highest BCUT2D eigenvalue weighted by Gasteiger charge is 2.47. The molecular formula is C52H96O15. The molecule has 394 valence electrons. The fourth-order valence-corrected chi connectivity index (χ4v) is 8.57. The van der Waals surface area contributed by atoms with Gasteiger partial charge in [0, 0.05) is 12.8 Å².